The van der Waals surface area contributed by atoms with Crippen molar-refractivity contribution in [2.75, 3.05) is 0 Å². The van der Waals surface area contributed by atoms with Gasteiger partial charge in [0.2, 0.25) is 0 Å². The predicted molar refractivity (Wildman–Crippen MR) is 61.6 cm³/mol. The Morgan fingerprint density at radius 1 is 1.44 bits per heavy atom. The summed E-state index contributed by atoms with van der Waals surface area (Å²) in [4.78, 5) is 21.9. The highest BCUT2D eigenvalue weighted by Crippen LogP contribution is 2.17. The number of carbonyl (C=O) groups excluding carboxylic acids is 2. The minimum absolute atomic E-state index is 0.194. The molecule has 0 saturated carbocycles. The molecule has 3 heteroatoms. The van der Waals surface area contributed by atoms with Gasteiger partial charge in [0.25, 0.3) is 0 Å². The maximum atomic E-state index is 11.1. The molecule has 0 amide bonds. The molecule has 1 atom stereocenters. The van der Waals surface area contributed by atoms with Gasteiger partial charge in [0, 0.05) is 0 Å². The number of esters is 2. The van der Waals surface area contributed by atoms with Crippen LogP contribution >= 0.6 is 0 Å². The second kappa shape index (κ2) is 6.26. The molecule has 1 aliphatic rings. The van der Waals surface area contributed by atoms with Crippen LogP contribution in [0.1, 0.15) is 39.5 Å². The highest BCUT2D eigenvalue weighted by atomic mass is 16.6. The van der Waals surface area contributed by atoms with Crippen LogP contribution in [0.25, 0.3) is 0 Å². The molecule has 0 spiro atoms. The van der Waals surface area contributed by atoms with Crippen molar-refractivity contribution in [3.05, 3.63) is 23.8 Å². The van der Waals surface area contributed by atoms with Gasteiger partial charge in [-0.05, 0) is 26.2 Å². The molecule has 0 aliphatic carbocycles. The van der Waals surface area contributed by atoms with Crippen LogP contribution in [-0.4, -0.2) is 11.9 Å². The van der Waals surface area contributed by atoms with Gasteiger partial charge in [-0.1, -0.05) is 30.7 Å². The van der Waals surface area contributed by atoms with E-state index in [1.165, 1.54) is 5.57 Å². The van der Waals surface area contributed by atoms with E-state index in [2.05, 4.69) is 24.7 Å². The molecule has 0 N–H and O–H groups in total. The van der Waals surface area contributed by atoms with Crippen LogP contribution in [0, 0.1) is 5.92 Å². The second-order valence-electron chi connectivity index (χ2n) is 4.01. The Morgan fingerprint density at radius 2 is 2.19 bits per heavy atom. The standard InChI is InChI=1S/C13H18O3/c1-3-10(2)7-5-4-6-8-11-9-12(14)16-13(11)15/h6-8,11H,3-5,9H2,1-2H3/b8-6?,10-7+. The maximum absolute atomic E-state index is 11.1. The van der Waals surface area contributed by atoms with Crippen molar-refractivity contribution in [2.45, 2.75) is 39.5 Å². The fourth-order valence-electron chi connectivity index (χ4n) is 1.47. The molecule has 0 radical (unpaired) electrons. The summed E-state index contributed by atoms with van der Waals surface area (Å²) in [6.07, 6.45) is 9.07. The van der Waals surface area contributed by atoms with Gasteiger partial charge in [-0.15, -0.1) is 0 Å². The van der Waals surface area contributed by atoms with Crippen LogP contribution < -0.4 is 0 Å². The van der Waals surface area contributed by atoms with E-state index in [0.717, 1.165) is 19.3 Å². The monoisotopic (exact) mass is 222 g/mol. The fourth-order valence-corrected chi connectivity index (χ4v) is 1.47. The topological polar surface area (TPSA) is 43.4 Å². The molecule has 88 valence electrons. The number of rotatable bonds is 5. The number of cyclic esters (lactones) is 2. The van der Waals surface area contributed by atoms with Gasteiger partial charge in [0.15, 0.2) is 0 Å². The summed E-state index contributed by atoms with van der Waals surface area (Å²) in [7, 11) is 0. The number of unbranched alkanes of at least 4 members (excludes halogenated alkanes) is 1. The lowest BCUT2D eigenvalue weighted by Crippen LogP contribution is -2.03. The lowest BCUT2D eigenvalue weighted by atomic mass is 10.1. The zero-order valence-electron chi connectivity index (χ0n) is 9.86. The second-order valence-corrected chi connectivity index (χ2v) is 4.01. The van der Waals surface area contributed by atoms with Crippen LogP contribution in [0.4, 0.5) is 0 Å². The third kappa shape index (κ3) is 4.01. The summed E-state index contributed by atoms with van der Waals surface area (Å²) >= 11 is 0. The number of ether oxygens (including phenoxy) is 1. The Kier molecular flexibility index (Phi) is 4.96. The van der Waals surface area contributed by atoms with E-state index in [1.807, 2.05) is 6.08 Å². The molecule has 0 bridgehead atoms. The van der Waals surface area contributed by atoms with Gasteiger partial charge in [-0.25, -0.2) is 0 Å². The van der Waals surface area contributed by atoms with Gasteiger partial charge in [-0.3, -0.25) is 9.59 Å². The van der Waals surface area contributed by atoms with E-state index in [9.17, 15) is 9.59 Å². The van der Waals surface area contributed by atoms with Crippen molar-refractivity contribution >= 4 is 11.9 Å². The summed E-state index contributed by atoms with van der Waals surface area (Å²) < 4.78 is 4.45. The zero-order valence-corrected chi connectivity index (χ0v) is 9.86. The number of allylic oxidation sites excluding steroid dienone is 3. The van der Waals surface area contributed by atoms with Crippen molar-refractivity contribution in [3.8, 4) is 0 Å². The van der Waals surface area contributed by atoms with Crippen molar-refractivity contribution in [1.82, 2.24) is 0 Å². The predicted octanol–water partition coefficient (Wildman–Crippen LogP) is 2.77. The third-order valence-corrected chi connectivity index (χ3v) is 2.66. The minimum Gasteiger partial charge on any atom is -0.393 e. The molecule has 0 aromatic carbocycles. The molecule has 1 unspecified atom stereocenters. The van der Waals surface area contributed by atoms with E-state index < -0.39 is 11.9 Å². The third-order valence-electron chi connectivity index (χ3n) is 2.66. The quantitative estimate of drug-likeness (QED) is 0.311. The number of hydrogen-bond acceptors (Lipinski definition) is 3. The van der Waals surface area contributed by atoms with Crippen LogP contribution in [0.2, 0.25) is 0 Å². The molecule has 1 saturated heterocycles. The average Bonchev–Trinajstić information content (AvgIpc) is 2.56. The highest BCUT2D eigenvalue weighted by Gasteiger charge is 2.30. The van der Waals surface area contributed by atoms with E-state index in [4.69, 9.17) is 0 Å². The maximum Gasteiger partial charge on any atom is 0.321 e. The molecule has 1 rings (SSSR count). The van der Waals surface area contributed by atoms with Crippen LogP contribution in [0.5, 0.6) is 0 Å². The van der Waals surface area contributed by atoms with Crippen LogP contribution in [0.15, 0.2) is 23.8 Å². The number of carbonyl (C=O) groups is 2. The van der Waals surface area contributed by atoms with Gasteiger partial charge in [-0.2, -0.15) is 0 Å². The SMILES string of the molecule is CC/C(C)=C/CCC=CC1CC(=O)OC1=O. The van der Waals surface area contributed by atoms with Gasteiger partial charge >= 0.3 is 11.9 Å². The first kappa shape index (κ1) is 12.7. The average molecular weight is 222 g/mol. The summed E-state index contributed by atoms with van der Waals surface area (Å²) in [6.45, 7) is 4.23. The Hall–Kier alpha value is -1.38. The summed E-state index contributed by atoms with van der Waals surface area (Å²) in [5.41, 5.74) is 1.38. The van der Waals surface area contributed by atoms with Crippen molar-refractivity contribution in [1.29, 1.82) is 0 Å². The summed E-state index contributed by atoms with van der Waals surface area (Å²) in [5.74, 6) is -1.19. The smallest absolute Gasteiger partial charge is 0.321 e. The van der Waals surface area contributed by atoms with Crippen molar-refractivity contribution < 1.29 is 14.3 Å². The summed E-state index contributed by atoms with van der Waals surface area (Å²) in [5, 5.41) is 0. The first-order valence-corrected chi connectivity index (χ1v) is 5.70. The Morgan fingerprint density at radius 3 is 2.75 bits per heavy atom. The van der Waals surface area contributed by atoms with Crippen LogP contribution in [0.3, 0.4) is 0 Å². The first-order valence-electron chi connectivity index (χ1n) is 5.70. The minimum atomic E-state index is -0.415. The molecule has 16 heavy (non-hydrogen) atoms. The lowest BCUT2D eigenvalue weighted by Gasteiger charge is -1.95. The molecule has 1 heterocycles. The number of hydrogen-bond donors (Lipinski definition) is 0. The fraction of sp³-hybridized carbons (Fsp3) is 0.538. The highest BCUT2D eigenvalue weighted by molar-refractivity contribution is 5.95. The molecule has 1 aliphatic heterocycles. The Balaban J connectivity index is 2.27. The zero-order chi connectivity index (χ0) is 12.0. The molecule has 3 nitrogen and oxygen atoms in total. The van der Waals surface area contributed by atoms with E-state index >= 15 is 0 Å². The molecule has 1 fully saturated rings. The molecule has 0 aromatic heterocycles. The van der Waals surface area contributed by atoms with Gasteiger partial charge in [0.1, 0.15) is 0 Å². The molecule has 0 aromatic rings. The Bertz CT molecular complexity index is 326. The normalized spacial score (nSPS) is 21.9. The summed E-state index contributed by atoms with van der Waals surface area (Å²) in [6, 6.07) is 0. The Labute approximate surface area is 96.2 Å². The lowest BCUT2D eigenvalue weighted by molar-refractivity contribution is -0.152. The van der Waals surface area contributed by atoms with Gasteiger partial charge in [0.05, 0.1) is 12.3 Å². The van der Waals surface area contributed by atoms with Gasteiger partial charge < -0.3 is 4.74 Å². The first-order chi connectivity index (χ1) is 7.63. The van der Waals surface area contributed by atoms with E-state index in [-0.39, 0.29) is 12.3 Å². The van der Waals surface area contributed by atoms with E-state index in [0.29, 0.717) is 0 Å². The van der Waals surface area contributed by atoms with Crippen molar-refractivity contribution in [2.24, 2.45) is 5.92 Å². The van der Waals surface area contributed by atoms with Crippen molar-refractivity contribution in [3.63, 3.8) is 0 Å². The van der Waals surface area contributed by atoms with Crippen LogP contribution in [-0.2, 0) is 14.3 Å². The molecular formula is C13H18O3. The molecular weight excluding hydrogens is 204 g/mol. The largest absolute Gasteiger partial charge is 0.393 e. The van der Waals surface area contributed by atoms with E-state index in [1.54, 1.807) is 6.08 Å².